The summed E-state index contributed by atoms with van der Waals surface area (Å²) < 4.78 is 14.8. The zero-order valence-corrected chi connectivity index (χ0v) is 10.7. The molecule has 0 radical (unpaired) electrons. The molecule has 0 bridgehead atoms. The summed E-state index contributed by atoms with van der Waals surface area (Å²) in [7, 11) is 0. The predicted octanol–water partition coefficient (Wildman–Crippen LogP) is 2.05. The highest BCUT2D eigenvalue weighted by Crippen LogP contribution is 2.22. The molecule has 4 nitrogen and oxygen atoms in total. The summed E-state index contributed by atoms with van der Waals surface area (Å²) in [5.41, 5.74) is 4.36. The number of rotatable bonds is 2. The van der Waals surface area contributed by atoms with Crippen LogP contribution in [-0.2, 0) is 6.42 Å². The number of fused-ring (bicyclic) bond motifs is 1. The van der Waals surface area contributed by atoms with Crippen molar-refractivity contribution in [3.63, 3.8) is 0 Å². The monoisotopic (exact) mass is 264 g/mol. The normalized spacial score (nSPS) is 18.2. The third kappa shape index (κ3) is 2.20. The molecule has 18 heavy (non-hydrogen) atoms. The molecule has 3 rings (SSSR count). The van der Waals surface area contributed by atoms with Crippen molar-refractivity contribution in [3.05, 3.63) is 41.5 Å². The lowest BCUT2D eigenvalue weighted by Crippen LogP contribution is -2.33. The van der Waals surface area contributed by atoms with Crippen LogP contribution < -0.4 is 5.43 Å². The lowest BCUT2D eigenvalue weighted by Gasteiger charge is -2.22. The van der Waals surface area contributed by atoms with Gasteiger partial charge in [0.2, 0.25) is 5.16 Å². The van der Waals surface area contributed by atoms with Crippen molar-refractivity contribution in [2.75, 3.05) is 11.2 Å². The Hall–Kier alpha value is -1.56. The Morgan fingerprint density at radius 3 is 2.94 bits per heavy atom. The third-order valence-corrected chi connectivity index (χ3v) is 3.98. The fourth-order valence-corrected chi connectivity index (χ4v) is 2.74. The van der Waals surface area contributed by atoms with Crippen molar-refractivity contribution in [2.45, 2.75) is 24.5 Å². The van der Waals surface area contributed by atoms with E-state index < -0.39 is 0 Å². The second kappa shape index (κ2) is 4.61. The molecule has 0 spiro atoms. The van der Waals surface area contributed by atoms with E-state index in [-0.39, 0.29) is 5.82 Å². The Morgan fingerprint density at radius 2 is 2.17 bits per heavy atom. The third-order valence-electron chi connectivity index (χ3n) is 2.79. The maximum Gasteiger partial charge on any atom is 0.210 e. The summed E-state index contributed by atoms with van der Waals surface area (Å²) >= 11 is 1.70. The number of nitrogens with one attached hydrogen (secondary N) is 1. The summed E-state index contributed by atoms with van der Waals surface area (Å²) in [5, 5.41) is 9.22. The van der Waals surface area contributed by atoms with Crippen molar-refractivity contribution in [2.24, 2.45) is 0 Å². The smallest absolute Gasteiger partial charge is 0.210 e. The van der Waals surface area contributed by atoms with Crippen LogP contribution in [0.25, 0.3) is 0 Å². The van der Waals surface area contributed by atoms with Gasteiger partial charge in [-0.2, -0.15) is 0 Å². The summed E-state index contributed by atoms with van der Waals surface area (Å²) in [5.74, 6) is 1.63. The summed E-state index contributed by atoms with van der Waals surface area (Å²) in [4.78, 5) is 0. The van der Waals surface area contributed by atoms with Crippen LogP contribution in [0, 0.1) is 5.82 Å². The van der Waals surface area contributed by atoms with E-state index in [1.165, 1.54) is 12.1 Å². The molecule has 1 N–H and O–H groups in total. The van der Waals surface area contributed by atoms with Gasteiger partial charge in [0.1, 0.15) is 5.82 Å². The van der Waals surface area contributed by atoms with Crippen LogP contribution in [0.3, 0.4) is 0 Å². The maximum absolute atomic E-state index is 12.8. The van der Waals surface area contributed by atoms with Crippen molar-refractivity contribution in [1.82, 2.24) is 14.9 Å². The van der Waals surface area contributed by atoms with E-state index in [1.54, 1.807) is 23.9 Å². The van der Waals surface area contributed by atoms with Crippen molar-refractivity contribution in [1.29, 1.82) is 0 Å². The summed E-state index contributed by atoms with van der Waals surface area (Å²) in [6.45, 7) is 2.12. The first-order chi connectivity index (χ1) is 8.72. The van der Waals surface area contributed by atoms with Crippen LogP contribution in [0.4, 0.5) is 4.39 Å². The van der Waals surface area contributed by atoms with E-state index in [9.17, 15) is 4.39 Å². The second-order valence-corrected chi connectivity index (χ2v) is 5.37. The zero-order valence-electron chi connectivity index (χ0n) is 9.93. The van der Waals surface area contributed by atoms with Crippen LogP contribution >= 0.6 is 11.8 Å². The Bertz CT molecular complexity index is 552. The largest absolute Gasteiger partial charge is 0.319 e. The second-order valence-electron chi connectivity index (χ2n) is 4.38. The quantitative estimate of drug-likeness (QED) is 0.901. The fourth-order valence-electron chi connectivity index (χ4n) is 1.88. The SMILES string of the molecule is CC1CSc2nnc(Cc3ccc(F)cc3)n2N1. The Morgan fingerprint density at radius 1 is 1.39 bits per heavy atom. The van der Waals surface area contributed by atoms with E-state index in [2.05, 4.69) is 22.5 Å². The zero-order chi connectivity index (χ0) is 12.5. The molecular weight excluding hydrogens is 251 g/mol. The van der Waals surface area contributed by atoms with Crippen LogP contribution in [0.15, 0.2) is 29.4 Å². The van der Waals surface area contributed by atoms with E-state index >= 15 is 0 Å². The highest BCUT2D eigenvalue weighted by molar-refractivity contribution is 7.99. The molecular formula is C12H13FN4S. The van der Waals surface area contributed by atoms with E-state index in [4.69, 9.17) is 0 Å². The minimum absolute atomic E-state index is 0.218. The first-order valence-electron chi connectivity index (χ1n) is 5.80. The van der Waals surface area contributed by atoms with E-state index in [0.29, 0.717) is 12.5 Å². The molecule has 6 heteroatoms. The van der Waals surface area contributed by atoms with Crippen LogP contribution in [0.1, 0.15) is 18.3 Å². The van der Waals surface area contributed by atoms with E-state index in [0.717, 1.165) is 22.3 Å². The molecule has 0 amide bonds. The minimum Gasteiger partial charge on any atom is -0.319 e. The molecule has 1 atom stereocenters. The lowest BCUT2D eigenvalue weighted by molar-refractivity contribution is 0.626. The molecule has 1 aliphatic rings. The van der Waals surface area contributed by atoms with Gasteiger partial charge < -0.3 is 5.43 Å². The molecule has 0 aliphatic carbocycles. The number of thioether (sulfide) groups is 1. The van der Waals surface area contributed by atoms with Gasteiger partial charge >= 0.3 is 0 Å². The summed E-state index contributed by atoms with van der Waals surface area (Å²) in [6, 6.07) is 6.87. The molecule has 2 aromatic rings. The molecule has 0 saturated carbocycles. The maximum atomic E-state index is 12.8. The van der Waals surface area contributed by atoms with Gasteiger partial charge in [-0.05, 0) is 24.6 Å². The average molecular weight is 264 g/mol. The lowest BCUT2D eigenvalue weighted by atomic mass is 10.1. The molecule has 2 heterocycles. The van der Waals surface area contributed by atoms with Gasteiger partial charge in [-0.25, -0.2) is 9.07 Å². The van der Waals surface area contributed by atoms with E-state index in [1.807, 2.05) is 4.68 Å². The Kier molecular flexibility index (Phi) is 2.95. The first kappa shape index (κ1) is 11.5. The van der Waals surface area contributed by atoms with Crippen LogP contribution in [0.2, 0.25) is 0 Å². The highest BCUT2D eigenvalue weighted by atomic mass is 32.2. The number of halogens is 1. The van der Waals surface area contributed by atoms with Crippen molar-refractivity contribution in [3.8, 4) is 0 Å². The summed E-state index contributed by atoms with van der Waals surface area (Å²) in [6.07, 6.45) is 0.646. The molecule has 1 aromatic heterocycles. The molecule has 1 unspecified atom stereocenters. The molecule has 1 aromatic carbocycles. The highest BCUT2D eigenvalue weighted by Gasteiger charge is 2.20. The van der Waals surface area contributed by atoms with Gasteiger partial charge in [0, 0.05) is 18.2 Å². The van der Waals surface area contributed by atoms with Gasteiger partial charge in [-0.3, -0.25) is 0 Å². The van der Waals surface area contributed by atoms with Gasteiger partial charge in [0.25, 0.3) is 0 Å². The molecule has 1 aliphatic heterocycles. The van der Waals surface area contributed by atoms with Gasteiger partial charge in [-0.15, -0.1) is 10.2 Å². The topological polar surface area (TPSA) is 42.7 Å². The number of aromatic nitrogens is 3. The Balaban J connectivity index is 1.85. The van der Waals surface area contributed by atoms with Crippen LogP contribution in [0.5, 0.6) is 0 Å². The predicted molar refractivity (Wildman–Crippen MR) is 68.8 cm³/mol. The van der Waals surface area contributed by atoms with Gasteiger partial charge in [0.05, 0.1) is 0 Å². The van der Waals surface area contributed by atoms with Gasteiger partial charge in [-0.1, -0.05) is 23.9 Å². The standard InChI is InChI=1S/C12H13FN4S/c1-8-7-18-12-15-14-11(17(12)16-8)6-9-2-4-10(13)5-3-9/h2-5,8,16H,6-7H2,1H3. The molecule has 0 fully saturated rings. The van der Waals surface area contributed by atoms with Crippen LogP contribution in [-0.4, -0.2) is 26.7 Å². The van der Waals surface area contributed by atoms with Crippen molar-refractivity contribution < 1.29 is 4.39 Å². The first-order valence-corrected chi connectivity index (χ1v) is 6.79. The number of hydrogen-bond donors (Lipinski definition) is 1. The number of nitrogens with zero attached hydrogens (tertiary/aromatic N) is 3. The van der Waals surface area contributed by atoms with Gasteiger partial charge in [0.15, 0.2) is 5.82 Å². The number of benzene rings is 1. The fraction of sp³-hybridized carbons (Fsp3) is 0.333. The molecule has 0 saturated heterocycles. The average Bonchev–Trinajstić information content (AvgIpc) is 2.75. The minimum atomic E-state index is -0.218. The molecule has 94 valence electrons. The number of hydrogen-bond acceptors (Lipinski definition) is 4. The Labute approximate surface area is 109 Å². The van der Waals surface area contributed by atoms with Crippen molar-refractivity contribution >= 4 is 11.8 Å².